The van der Waals surface area contributed by atoms with E-state index < -0.39 is 0 Å². The third-order valence-electron chi connectivity index (χ3n) is 1.88. The summed E-state index contributed by atoms with van der Waals surface area (Å²) in [6.45, 7) is 0. The molecule has 3 nitrogen and oxygen atoms in total. The lowest BCUT2D eigenvalue weighted by atomic mass is 10.2. The number of nitrogen functional groups attached to an aromatic ring is 1. The van der Waals surface area contributed by atoms with Crippen LogP contribution < -0.4 is 5.73 Å². The van der Waals surface area contributed by atoms with Crippen LogP contribution in [0.15, 0.2) is 18.3 Å². The molecule has 0 aliphatic carbocycles. The van der Waals surface area contributed by atoms with Gasteiger partial charge < -0.3 is 5.73 Å². The van der Waals surface area contributed by atoms with Crippen LogP contribution in [0.4, 0.5) is 5.69 Å². The van der Waals surface area contributed by atoms with Crippen molar-refractivity contribution < 1.29 is 0 Å². The van der Waals surface area contributed by atoms with Gasteiger partial charge in [-0.2, -0.15) is 5.10 Å². The van der Waals surface area contributed by atoms with Crippen LogP contribution in [0.2, 0.25) is 0 Å². The molecule has 0 saturated carbocycles. The zero-order valence-electron chi connectivity index (χ0n) is 6.58. The van der Waals surface area contributed by atoms with Crippen LogP contribution >= 0.6 is 22.6 Å². The van der Waals surface area contributed by atoms with Gasteiger partial charge in [0.25, 0.3) is 0 Å². The normalized spacial score (nSPS) is 10.8. The maximum atomic E-state index is 5.81. The number of halogens is 1. The number of aromatic nitrogens is 2. The fourth-order valence-corrected chi connectivity index (χ4v) is 1.86. The van der Waals surface area contributed by atoms with Gasteiger partial charge in [0.1, 0.15) is 0 Å². The summed E-state index contributed by atoms with van der Waals surface area (Å²) in [4.78, 5) is 0. The summed E-state index contributed by atoms with van der Waals surface area (Å²) in [7, 11) is 1.90. The minimum atomic E-state index is 0.783. The highest BCUT2D eigenvalue weighted by Gasteiger charge is 2.05. The fourth-order valence-electron chi connectivity index (χ4n) is 1.29. The minimum absolute atomic E-state index is 0.783. The van der Waals surface area contributed by atoms with E-state index in [1.165, 1.54) is 3.57 Å². The van der Waals surface area contributed by atoms with Crippen molar-refractivity contribution in [3.63, 3.8) is 0 Å². The first-order valence-electron chi connectivity index (χ1n) is 3.56. The highest BCUT2D eigenvalue weighted by Crippen LogP contribution is 2.24. The lowest BCUT2D eigenvalue weighted by molar-refractivity contribution is 0.798. The van der Waals surface area contributed by atoms with Crippen LogP contribution in [0.3, 0.4) is 0 Å². The van der Waals surface area contributed by atoms with E-state index in [0.29, 0.717) is 0 Å². The summed E-state index contributed by atoms with van der Waals surface area (Å²) >= 11 is 2.28. The lowest BCUT2D eigenvalue weighted by Gasteiger charge is -1.99. The number of nitrogens with two attached hydrogens (primary N) is 1. The number of hydrogen-bond acceptors (Lipinski definition) is 2. The molecule has 12 heavy (non-hydrogen) atoms. The Morgan fingerprint density at radius 1 is 1.50 bits per heavy atom. The molecule has 2 N–H and O–H groups in total. The van der Waals surface area contributed by atoms with Gasteiger partial charge in [-0.1, -0.05) is 0 Å². The van der Waals surface area contributed by atoms with Gasteiger partial charge in [0.2, 0.25) is 0 Å². The highest BCUT2D eigenvalue weighted by atomic mass is 127. The monoisotopic (exact) mass is 273 g/mol. The van der Waals surface area contributed by atoms with Crippen LogP contribution in [0, 0.1) is 3.57 Å². The molecule has 62 valence electrons. The molecular formula is C8H8IN3. The molecule has 0 unspecified atom stereocenters. The average Bonchev–Trinajstić information content (AvgIpc) is 2.42. The van der Waals surface area contributed by atoms with Crippen molar-refractivity contribution >= 4 is 39.2 Å². The molecule has 0 amide bonds. The first-order valence-corrected chi connectivity index (χ1v) is 4.63. The maximum absolute atomic E-state index is 5.81. The largest absolute Gasteiger partial charge is 0.397 e. The van der Waals surface area contributed by atoms with Gasteiger partial charge in [-0.25, -0.2) is 0 Å². The van der Waals surface area contributed by atoms with Crippen LogP contribution in [-0.4, -0.2) is 9.78 Å². The van der Waals surface area contributed by atoms with Crippen LogP contribution in [-0.2, 0) is 7.05 Å². The summed E-state index contributed by atoms with van der Waals surface area (Å²) in [5.74, 6) is 0. The summed E-state index contributed by atoms with van der Waals surface area (Å²) in [5, 5.41) is 5.27. The Balaban J connectivity index is 2.98. The SMILES string of the molecule is Cn1ncc2c(I)ccc(N)c21. The van der Waals surface area contributed by atoms with Crippen LogP contribution in [0.25, 0.3) is 10.9 Å². The van der Waals surface area contributed by atoms with E-state index in [4.69, 9.17) is 5.73 Å². The quantitative estimate of drug-likeness (QED) is 0.587. The van der Waals surface area contributed by atoms with Crippen molar-refractivity contribution in [3.8, 4) is 0 Å². The van der Waals surface area contributed by atoms with Gasteiger partial charge in [0.05, 0.1) is 17.4 Å². The van der Waals surface area contributed by atoms with E-state index in [-0.39, 0.29) is 0 Å². The van der Waals surface area contributed by atoms with E-state index in [1.807, 2.05) is 25.4 Å². The first kappa shape index (κ1) is 7.85. The van der Waals surface area contributed by atoms with E-state index in [9.17, 15) is 0 Å². The smallest absolute Gasteiger partial charge is 0.0918 e. The van der Waals surface area contributed by atoms with Crippen LogP contribution in [0.5, 0.6) is 0 Å². The van der Waals surface area contributed by atoms with Gasteiger partial charge in [0.15, 0.2) is 0 Å². The molecule has 0 bridgehead atoms. The Morgan fingerprint density at radius 2 is 2.25 bits per heavy atom. The molecule has 1 heterocycles. The van der Waals surface area contributed by atoms with Crippen molar-refractivity contribution in [2.24, 2.45) is 7.05 Å². The van der Waals surface area contributed by atoms with Crippen molar-refractivity contribution in [1.29, 1.82) is 0 Å². The van der Waals surface area contributed by atoms with Gasteiger partial charge in [-0.15, -0.1) is 0 Å². The van der Waals surface area contributed by atoms with Gasteiger partial charge in [-0.05, 0) is 34.7 Å². The number of benzene rings is 1. The molecule has 1 aromatic heterocycles. The topological polar surface area (TPSA) is 43.8 Å². The van der Waals surface area contributed by atoms with Crippen LogP contribution in [0.1, 0.15) is 0 Å². The van der Waals surface area contributed by atoms with Gasteiger partial charge >= 0.3 is 0 Å². The molecule has 2 aromatic rings. The van der Waals surface area contributed by atoms with E-state index in [1.54, 1.807) is 4.68 Å². The fraction of sp³-hybridized carbons (Fsp3) is 0.125. The molecule has 0 fully saturated rings. The second-order valence-corrected chi connectivity index (χ2v) is 3.83. The summed E-state index contributed by atoms with van der Waals surface area (Å²) in [6.07, 6.45) is 1.84. The van der Waals surface area contributed by atoms with E-state index >= 15 is 0 Å². The second-order valence-electron chi connectivity index (χ2n) is 2.67. The van der Waals surface area contributed by atoms with Crippen molar-refractivity contribution in [1.82, 2.24) is 9.78 Å². The average molecular weight is 273 g/mol. The van der Waals surface area contributed by atoms with E-state index in [2.05, 4.69) is 27.7 Å². The van der Waals surface area contributed by atoms with Gasteiger partial charge in [0, 0.05) is 16.0 Å². The highest BCUT2D eigenvalue weighted by molar-refractivity contribution is 14.1. The molecular weight excluding hydrogens is 265 g/mol. The molecule has 1 aromatic carbocycles. The van der Waals surface area contributed by atoms with Crippen molar-refractivity contribution in [3.05, 3.63) is 21.9 Å². The third kappa shape index (κ3) is 0.979. The molecule has 0 aliphatic heterocycles. The minimum Gasteiger partial charge on any atom is -0.397 e. The standard InChI is InChI=1S/C8H8IN3/c1-12-8-5(4-11-12)6(9)2-3-7(8)10/h2-4H,10H2,1H3. The Hall–Kier alpha value is -0.780. The first-order chi connectivity index (χ1) is 5.70. The summed E-state index contributed by atoms with van der Waals surface area (Å²) < 4.78 is 2.98. The number of hydrogen-bond donors (Lipinski definition) is 1. The predicted molar refractivity (Wildman–Crippen MR) is 57.8 cm³/mol. The summed E-state index contributed by atoms with van der Waals surface area (Å²) in [6, 6.07) is 3.91. The maximum Gasteiger partial charge on any atom is 0.0918 e. The Bertz CT molecular complexity index is 433. The number of aryl methyl sites for hydroxylation is 1. The Morgan fingerprint density at radius 3 is 2.92 bits per heavy atom. The Labute approximate surface area is 83.7 Å². The predicted octanol–water partition coefficient (Wildman–Crippen LogP) is 1.76. The molecule has 0 aliphatic rings. The van der Waals surface area contributed by atoms with Gasteiger partial charge in [-0.3, -0.25) is 4.68 Å². The van der Waals surface area contributed by atoms with Crippen molar-refractivity contribution in [2.45, 2.75) is 0 Å². The number of fused-ring (bicyclic) bond motifs is 1. The lowest BCUT2D eigenvalue weighted by Crippen LogP contribution is -1.94. The molecule has 0 saturated heterocycles. The molecule has 2 rings (SSSR count). The Kier molecular flexibility index (Phi) is 1.71. The molecule has 0 spiro atoms. The zero-order valence-corrected chi connectivity index (χ0v) is 8.74. The molecule has 0 atom stereocenters. The molecule has 4 heteroatoms. The van der Waals surface area contributed by atoms with E-state index in [0.717, 1.165) is 16.6 Å². The second kappa shape index (κ2) is 2.62. The summed E-state index contributed by atoms with van der Waals surface area (Å²) in [5.41, 5.74) is 7.60. The molecule has 0 radical (unpaired) electrons. The zero-order chi connectivity index (χ0) is 8.72. The van der Waals surface area contributed by atoms with Crippen molar-refractivity contribution in [2.75, 3.05) is 5.73 Å². The number of nitrogens with zero attached hydrogens (tertiary/aromatic N) is 2. The number of rotatable bonds is 0. The number of anilines is 1. The third-order valence-corrected chi connectivity index (χ3v) is 2.82.